The van der Waals surface area contributed by atoms with Crippen molar-refractivity contribution in [2.45, 2.75) is 45.8 Å². The number of carbonyl (C=O) groups excluding carboxylic acids is 2. The van der Waals surface area contributed by atoms with Gasteiger partial charge in [-0.3, -0.25) is 9.59 Å². The average Bonchev–Trinajstić information content (AvgIpc) is 2.75. The third-order valence-electron chi connectivity index (χ3n) is 5.09. The highest BCUT2D eigenvalue weighted by atomic mass is 79.9. The van der Waals surface area contributed by atoms with Crippen LogP contribution in [-0.4, -0.2) is 34.9 Å². The zero-order valence-corrected chi connectivity index (χ0v) is 21.5. The Kier molecular flexibility index (Phi) is 8.03. The summed E-state index contributed by atoms with van der Waals surface area (Å²) < 4.78 is 6.67. The Morgan fingerprint density at radius 3 is 2.52 bits per heavy atom. The first-order valence-electron chi connectivity index (χ1n) is 10.7. The average molecular weight is 532 g/mol. The summed E-state index contributed by atoms with van der Waals surface area (Å²) in [5, 5.41) is 5.58. The summed E-state index contributed by atoms with van der Waals surface area (Å²) in [5.74, 6) is 0.0351. The second-order valence-corrected chi connectivity index (χ2v) is 10.2. The van der Waals surface area contributed by atoms with E-state index in [0.717, 1.165) is 20.8 Å². The number of carbonyl (C=O) groups is 2. The van der Waals surface area contributed by atoms with E-state index in [4.69, 9.17) is 16.3 Å². The van der Waals surface area contributed by atoms with Crippen LogP contribution >= 0.6 is 27.5 Å². The van der Waals surface area contributed by atoms with Gasteiger partial charge in [-0.25, -0.2) is 0 Å². The molecule has 0 aliphatic heterocycles. The van der Waals surface area contributed by atoms with Gasteiger partial charge in [-0.1, -0.05) is 54.1 Å². The SMILES string of the molecule is CC(C(=O)NC(C)(C)C)N(Cc1cccc(Cl)c1)C(=O)COc1ccc2ccccc2c1Br. The lowest BCUT2D eigenvalue weighted by atomic mass is 10.1. The van der Waals surface area contributed by atoms with Crippen molar-refractivity contribution in [3.63, 3.8) is 0 Å². The first kappa shape index (κ1) is 25.1. The molecule has 1 N–H and O–H groups in total. The van der Waals surface area contributed by atoms with Crippen molar-refractivity contribution in [3.05, 3.63) is 75.7 Å². The minimum absolute atomic E-state index is 0.204. The summed E-state index contributed by atoms with van der Waals surface area (Å²) in [6.07, 6.45) is 0. The summed E-state index contributed by atoms with van der Waals surface area (Å²) in [6, 6.07) is 18.3. The number of benzene rings is 3. The third kappa shape index (κ3) is 6.71. The van der Waals surface area contributed by atoms with Crippen LogP contribution in [0.25, 0.3) is 10.8 Å². The first-order chi connectivity index (χ1) is 15.5. The highest BCUT2D eigenvalue weighted by Crippen LogP contribution is 2.33. The number of ether oxygens (including phenoxy) is 1. The smallest absolute Gasteiger partial charge is 0.261 e. The van der Waals surface area contributed by atoms with E-state index in [0.29, 0.717) is 10.8 Å². The van der Waals surface area contributed by atoms with Gasteiger partial charge in [0.05, 0.1) is 4.47 Å². The maximum atomic E-state index is 13.3. The molecule has 3 aromatic carbocycles. The van der Waals surface area contributed by atoms with E-state index >= 15 is 0 Å². The third-order valence-corrected chi connectivity index (χ3v) is 6.14. The van der Waals surface area contributed by atoms with Crippen LogP contribution in [0.1, 0.15) is 33.3 Å². The molecule has 33 heavy (non-hydrogen) atoms. The molecule has 1 unspecified atom stereocenters. The van der Waals surface area contributed by atoms with Gasteiger partial charge in [-0.05, 0) is 78.2 Å². The summed E-state index contributed by atoms with van der Waals surface area (Å²) in [7, 11) is 0. The fourth-order valence-electron chi connectivity index (χ4n) is 3.44. The van der Waals surface area contributed by atoms with Gasteiger partial charge in [0.25, 0.3) is 5.91 Å². The quantitative estimate of drug-likeness (QED) is 0.409. The van der Waals surface area contributed by atoms with Gasteiger partial charge in [-0.2, -0.15) is 0 Å². The van der Waals surface area contributed by atoms with Crippen molar-refractivity contribution < 1.29 is 14.3 Å². The van der Waals surface area contributed by atoms with Crippen molar-refractivity contribution >= 4 is 50.1 Å². The molecule has 0 saturated heterocycles. The lowest BCUT2D eigenvalue weighted by molar-refractivity contribution is -0.142. The first-order valence-corrected chi connectivity index (χ1v) is 11.9. The number of nitrogens with one attached hydrogen (secondary N) is 1. The molecule has 0 aromatic heterocycles. The van der Waals surface area contributed by atoms with E-state index in [2.05, 4.69) is 21.2 Å². The van der Waals surface area contributed by atoms with Gasteiger partial charge < -0.3 is 15.0 Å². The van der Waals surface area contributed by atoms with Gasteiger partial charge in [0.1, 0.15) is 11.8 Å². The van der Waals surface area contributed by atoms with Crippen molar-refractivity contribution in [2.24, 2.45) is 0 Å². The van der Waals surface area contributed by atoms with Crippen LogP contribution in [0, 0.1) is 0 Å². The number of amides is 2. The summed E-state index contributed by atoms with van der Waals surface area (Å²) in [6.45, 7) is 7.46. The molecule has 0 aliphatic rings. The Bertz CT molecular complexity index is 1160. The Hall–Kier alpha value is -2.57. The molecule has 2 amide bonds. The van der Waals surface area contributed by atoms with Gasteiger partial charge in [0.15, 0.2) is 6.61 Å². The Morgan fingerprint density at radius 2 is 1.82 bits per heavy atom. The molecule has 0 spiro atoms. The van der Waals surface area contributed by atoms with E-state index in [-0.39, 0.29) is 25.0 Å². The molecule has 0 heterocycles. The fraction of sp³-hybridized carbons (Fsp3) is 0.308. The minimum atomic E-state index is -0.695. The number of rotatable bonds is 7. The van der Waals surface area contributed by atoms with E-state index in [1.54, 1.807) is 19.1 Å². The predicted molar refractivity (Wildman–Crippen MR) is 137 cm³/mol. The van der Waals surface area contributed by atoms with Crippen LogP contribution in [-0.2, 0) is 16.1 Å². The Morgan fingerprint density at radius 1 is 1.09 bits per heavy atom. The maximum absolute atomic E-state index is 13.3. The molecule has 0 saturated carbocycles. The van der Waals surface area contributed by atoms with Crippen LogP contribution < -0.4 is 10.1 Å². The monoisotopic (exact) mass is 530 g/mol. The minimum Gasteiger partial charge on any atom is -0.483 e. The summed E-state index contributed by atoms with van der Waals surface area (Å²) in [4.78, 5) is 27.6. The topological polar surface area (TPSA) is 58.6 Å². The largest absolute Gasteiger partial charge is 0.483 e. The van der Waals surface area contributed by atoms with Crippen LogP contribution in [0.15, 0.2) is 65.1 Å². The fourth-order valence-corrected chi connectivity index (χ4v) is 4.26. The van der Waals surface area contributed by atoms with Crippen molar-refractivity contribution in [1.29, 1.82) is 0 Å². The predicted octanol–water partition coefficient (Wildman–Crippen LogP) is 5.97. The van der Waals surface area contributed by atoms with Gasteiger partial charge in [0.2, 0.25) is 5.91 Å². The number of halogens is 2. The number of fused-ring (bicyclic) bond motifs is 1. The normalized spacial score (nSPS) is 12.3. The Balaban J connectivity index is 1.81. The van der Waals surface area contributed by atoms with Gasteiger partial charge >= 0.3 is 0 Å². The van der Waals surface area contributed by atoms with Crippen LogP contribution in [0.3, 0.4) is 0 Å². The zero-order chi connectivity index (χ0) is 24.2. The second kappa shape index (κ2) is 10.6. The van der Waals surface area contributed by atoms with Crippen LogP contribution in [0.5, 0.6) is 5.75 Å². The van der Waals surface area contributed by atoms with Crippen molar-refractivity contribution in [2.75, 3.05) is 6.61 Å². The lowest BCUT2D eigenvalue weighted by Gasteiger charge is -2.31. The molecular formula is C26H28BrClN2O3. The van der Waals surface area contributed by atoms with Crippen LogP contribution in [0.2, 0.25) is 5.02 Å². The molecule has 174 valence electrons. The van der Waals surface area contributed by atoms with E-state index in [1.807, 2.05) is 69.3 Å². The molecule has 0 radical (unpaired) electrons. The molecule has 0 fully saturated rings. The number of hydrogen-bond donors (Lipinski definition) is 1. The van der Waals surface area contributed by atoms with E-state index in [9.17, 15) is 9.59 Å². The zero-order valence-electron chi connectivity index (χ0n) is 19.2. The van der Waals surface area contributed by atoms with Gasteiger partial charge in [-0.15, -0.1) is 0 Å². The molecule has 5 nitrogen and oxygen atoms in total. The van der Waals surface area contributed by atoms with Crippen LogP contribution in [0.4, 0.5) is 0 Å². The number of hydrogen-bond acceptors (Lipinski definition) is 3. The summed E-state index contributed by atoms with van der Waals surface area (Å²) >= 11 is 9.72. The molecule has 1 atom stereocenters. The second-order valence-electron chi connectivity index (χ2n) is 8.95. The molecule has 7 heteroatoms. The van der Waals surface area contributed by atoms with Crippen molar-refractivity contribution in [1.82, 2.24) is 10.2 Å². The number of nitrogens with zero attached hydrogens (tertiary/aromatic N) is 1. The molecule has 3 rings (SSSR count). The maximum Gasteiger partial charge on any atom is 0.261 e. The van der Waals surface area contributed by atoms with Crippen molar-refractivity contribution in [3.8, 4) is 5.75 Å². The molecular weight excluding hydrogens is 504 g/mol. The molecule has 3 aromatic rings. The van der Waals surface area contributed by atoms with Gasteiger partial charge in [0, 0.05) is 17.1 Å². The standard InChI is InChI=1S/C26H28BrClN2O3/c1-17(25(32)29-26(2,3)4)30(15-18-8-7-10-20(28)14-18)23(31)16-33-22-13-12-19-9-5-6-11-21(19)24(22)27/h5-14,17H,15-16H2,1-4H3,(H,29,32). The highest BCUT2D eigenvalue weighted by molar-refractivity contribution is 9.10. The molecule has 0 aliphatic carbocycles. The summed E-state index contributed by atoms with van der Waals surface area (Å²) in [5.41, 5.74) is 0.418. The highest BCUT2D eigenvalue weighted by Gasteiger charge is 2.29. The van der Waals surface area contributed by atoms with E-state index in [1.165, 1.54) is 4.90 Å². The molecule has 0 bridgehead atoms. The van der Waals surface area contributed by atoms with E-state index < -0.39 is 11.6 Å². The Labute approximate surface area is 208 Å². The lowest BCUT2D eigenvalue weighted by Crippen LogP contribution is -2.53.